The van der Waals surface area contributed by atoms with Crippen molar-refractivity contribution < 1.29 is 0 Å². The van der Waals surface area contributed by atoms with E-state index in [-0.39, 0.29) is 0 Å². The van der Waals surface area contributed by atoms with Crippen LogP contribution < -0.4 is 0 Å². The monoisotopic (exact) mass is 365 g/mol. The third-order valence-corrected chi connectivity index (χ3v) is 5.47. The van der Waals surface area contributed by atoms with E-state index in [1.807, 2.05) is 18.2 Å². The number of aliphatic imine (C=N–C) groups is 1. The van der Waals surface area contributed by atoms with Gasteiger partial charge in [-0.1, -0.05) is 54.9 Å². The zero-order valence-corrected chi connectivity index (χ0v) is 15.9. The Kier molecular flexibility index (Phi) is 5.09. The Hall–Kier alpha value is -2.10. The summed E-state index contributed by atoms with van der Waals surface area (Å²) in [5, 5.41) is 0.772. The van der Waals surface area contributed by atoms with Gasteiger partial charge >= 0.3 is 0 Å². The summed E-state index contributed by atoms with van der Waals surface area (Å²) in [5.41, 5.74) is 4.67. The highest BCUT2D eigenvalue weighted by Gasteiger charge is 2.24. The first-order valence-corrected chi connectivity index (χ1v) is 9.73. The standard InChI is InChI=1S/C22H24ClN3/c1-2-25-12-14-26(15-13-25)22-20(17-6-4-3-5-7-17)10-8-18-16-19(23)9-11-21(18)24-22/h3-7,9-11,16H,2,8,12-15H2,1H3. The molecule has 0 aromatic heterocycles. The summed E-state index contributed by atoms with van der Waals surface area (Å²) in [5.74, 6) is 1.09. The lowest BCUT2D eigenvalue weighted by Crippen LogP contribution is -2.48. The molecule has 0 bridgehead atoms. The van der Waals surface area contributed by atoms with Crippen molar-refractivity contribution in [1.29, 1.82) is 0 Å². The normalized spacial score (nSPS) is 18.0. The number of halogens is 1. The second-order valence-corrected chi connectivity index (χ2v) is 7.25. The lowest BCUT2D eigenvalue weighted by Gasteiger charge is -2.36. The average molecular weight is 366 g/mol. The summed E-state index contributed by atoms with van der Waals surface area (Å²) in [4.78, 5) is 10.0. The van der Waals surface area contributed by atoms with Crippen LogP contribution in [0, 0.1) is 0 Å². The lowest BCUT2D eigenvalue weighted by molar-refractivity contribution is 0.191. The van der Waals surface area contributed by atoms with Gasteiger partial charge in [-0.25, -0.2) is 4.99 Å². The Morgan fingerprint density at radius 2 is 1.77 bits per heavy atom. The zero-order chi connectivity index (χ0) is 17.9. The van der Waals surface area contributed by atoms with Gasteiger partial charge in [0.15, 0.2) is 0 Å². The summed E-state index contributed by atoms with van der Waals surface area (Å²) >= 11 is 6.22. The van der Waals surface area contributed by atoms with Crippen LogP contribution in [0.2, 0.25) is 5.02 Å². The molecule has 26 heavy (non-hydrogen) atoms. The summed E-state index contributed by atoms with van der Waals surface area (Å²) in [7, 11) is 0. The molecule has 0 unspecified atom stereocenters. The predicted octanol–water partition coefficient (Wildman–Crippen LogP) is 4.65. The highest BCUT2D eigenvalue weighted by molar-refractivity contribution is 6.30. The molecule has 0 aliphatic carbocycles. The average Bonchev–Trinajstić information content (AvgIpc) is 2.88. The Labute approximate surface area is 160 Å². The SMILES string of the molecule is CCN1CCN(C2=Nc3ccc(Cl)cc3CC=C2c2ccccc2)CC1. The molecular weight excluding hydrogens is 342 g/mol. The number of amidine groups is 1. The quantitative estimate of drug-likeness (QED) is 0.771. The van der Waals surface area contributed by atoms with Crippen molar-refractivity contribution in [2.75, 3.05) is 32.7 Å². The Bertz CT molecular complexity index is 834. The molecule has 2 aromatic rings. The molecule has 0 N–H and O–H groups in total. The second kappa shape index (κ2) is 7.65. The fourth-order valence-corrected chi connectivity index (χ4v) is 3.88. The van der Waals surface area contributed by atoms with E-state index in [1.165, 1.54) is 16.7 Å². The number of hydrogen-bond donors (Lipinski definition) is 0. The van der Waals surface area contributed by atoms with Crippen LogP contribution in [0.25, 0.3) is 5.57 Å². The van der Waals surface area contributed by atoms with E-state index in [0.29, 0.717) is 0 Å². The van der Waals surface area contributed by atoms with Crippen LogP contribution in [0.1, 0.15) is 18.1 Å². The number of allylic oxidation sites excluding steroid dienone is 1. The third kappa shape index (κ3) is 3.55. The molecule has 3 nitrogen and oxygen atoms in total. The summed E-state index contributed by atoms with van der Waals surface area (Å²) < 4.78 is 0. The van der Waals surface area contributed by atoms with E-state index in [1.54, 1.807) is 0 Å². The van der Waals surface area contributed by atoms with E-state index in [4.69, 9.17) is 16.6 Å². The third-order valence-electron chi connectivity index (χ3n) is 5.24. The maximum Gasteiger partial charge on any atom is 0.136 e. The van der Waals surface area contributed by atoms with Gasteiger partial charge in [0.05, 0.1) is 5.69 Å². The van der Waals surface area contributed by atoms with Gasteiger partial charge in [-0.15, -0.1) is 0 Å². The van der Waals surface area contributed by atoms with E-state index in [9.17, 15) is 0 Å². The molecule has 2 aliphatic rings. The van der Waals surface area contributed by atoms with Crippen molar-refractivity contribution in [1.82, 2.24) is 9.80 Å². The molecule has 134 valence electrons. The second-order valence-electron chi connectivity index (χ2n) is 6.82. The first-order chi connectivity index (χ1) is 12.7. The number of benzene rings is 2. The number of nitrogens with zero attached hydrogens (tertiary/aromatic N) is 3. The van der Waals surface area contributed by atoms with Crippen LogP contribution in [0.15, 0.2) is 59.6 Å². The highest BCUT2D eigenvalue weighted by atomic mass is 35.5. The molecule has 0 amide bonds. The fraction of sp³-hybridized carbons (Fsp3) is 0.318. The van der Waals surface area contributed by atoms with Gasteiger partial charge < -0.3 is 9.80 Å². The molecular formula is C22H24ClN3. The molecule has 1 saturated heterocycles. The van der Waals surface area contributed by atoms with Crippen molar-refractivity contribution in [3.05, 3.63) is 70.8 Å². The van der Waals surface area contributed by atoms with Crippen LogP contribution in [-0.4, -0.2) is 48.4 Å². The summed E-state index contributed by atoms with van der Waals surface area (Å²) in [6.07, 6.45) is 3.16. The predicted molar refractivity (Wildman–Crippen MR) is 110 cm³/mol. The van der Waals surface area contributed by atoms with Crippen molar-refractivity contribution >= 4 is 28.7 Å². The van der Waals surface area contributed by atoms with Gasteiger partial charge in [-0.2, -0.15) is 0 Å². The van der Waals surface area contributed by atoms with Gasteiger partial charge in [0, 0.05) is 36.8 Å². The van der Waals surface area contributed by atoms with E-state index >= 15 is 0 Å². The molecule has 4 heteroatoms. The van der Waals surface area contributed by atoms with E-state index in [0.717, 1.165) is 55.7 Å². The fourth-order valence-electron chi connectivity index (χ4n) is 3.69. The van der Waals surface area contributed by atoms with Gasteiger partial charge in [0.1, 0.15) is 5.84 Å². The van der Waals surface area contributed by atoms with E-state index in [2.05, 4.69) is 53.1 Å². The summed E-state index contributed by atoms with van der Waals surface area (Å²) in [6, 6.07) is 16.6. The molecule has 0 saturated carbocycles. The summed E-state index contributed by atoms with van der Waals surface area (Å²) in [6.45, 7) is 7.55. The van der Waals surface area contributed by atoms with Crippen LogP contribution >= 0.6 is 11.6 Å². The minimum Gasteiger partial charge on any atom is -0.354 e. The lowest BCUT2D eigenvalue weighted by atomic mass is 10.0. The molecule has 0 atom stereocenters. The molecule has 2 heterocycles. The number of rotatable bonds is 2. The van der Waals surface area contributed by atoms with Gasteiger partial charge in [-0.05, 0) is 42.3 Å². The first-order valence-electron chi connectivity index (χ1n) is 9.35. The Morgan fingerprint density at radius 1 is 1.00 bits per heavy atom. The van der Waals surface area contributed by atoms with Crippen LogP contribution in [0.3, 0.4) is 0 Å². The Balaban J connectivity index is 1.75. The highest BCUT2D eigenvalue weighted by Crippen LogP contribution is 2.31. The molecule has 0 spiro atoms. The van der Waals surface area contributed by atoms with Crippen molar-refractivity contribution in [3.63, 3.8) is 0 Å². The number of piperazine rings is 1. The number of likely N-dealkylation sites (N-methyl/N-ethyl adjacent to an activating group) is 1. The minimum atomic E-state index is 0.772. The van der Waals surface area contributed by atoms with Crippen LogP contribution in [0.4, 0.5) is 5.69 Å². The van der Waals surface area contributed by atoms with Gasteiger partial charge in [0.25, 0.3) is 0 Å². The molecule has 4 rings (SSSR count). The zero-order valence-electron chi connectivity index (χ0n) is 15.2. The van der Waals surface area contributed by atoms with Gasteiger partial charge in [-0.3, -0.25) is 0 Å². The molecule has 2 aliphatic heterocycles. The van der Waals surface area contributed by atoms with Crippen molar-refractivity contribution in [2.45, 2.75) is 13.3 Å². The largest absolute Gasteiger partial charge is 0.354 e. The maximum absolute atomic E-state index is 6.22. The molecule has 2 aromatic carbocycles. The topological polar surface area (TPSA) is 18.8 Å². The Morgan fingerprint density at radius 3 is 2.50 bits per heavy atom. The smallest absolute Gasteiger partial charge is 0.136 e. The molecule has 1 fully saturated rings. The molecule has 0 radical (unpaired) electrons. The number of hydrogen-bond acceptors (Lipinski definition) is 3. The van der Waals surface area contributed by atoms with Gasteiger partial charge in [0.2, 0.25) is 0 Å². The minimum absolute atomic E-state index is 0.772. The van der Waals surface area contributed by atoms with Crippen molar-refractivity contribution in [2.24, 2.45) is 4.99 Å². The van der Waals surface area contributed by atoms with Crippen LogP contribution in [0.5, 0.6) is 0 Å². The van der Waals surface area contributed by atoms with E-state index < -0.39 is 0 Å². The first kappa shape index (κ1) is 17.3. The van der Waals surface area contributed by atoms with Crippen molar-refractivity contribution in [3.8, 4) is 0 Å². The maximum atomic E-state index is 6.22. The number of fused-ring (bicyclic) bond motifs is 1. The van der Waals surface area contributed by atoms with Crippen LogP contribution in [-0.2, 0) is 6.42 Å².